The van der Waals surface area contributed by atoms with Crippen LogP contribution in [0.5, 0.6) is 0 Å². The molecule has 0 aliphatic heterocycles. The van der Waals surface area contributed by atoms with E-state index in [2.05, 4.69) is 13.2 Å². The van der Waals surface area contributed by atoms with Gasteiger partial charge >= 0.3 is 11.9 Å². The van der Waals surface area contributed by atoms with E-state index in [0.717, 1.165) is 12.2 Å². The molecule has 0 spiro atoms. The van der Waals surface area contributed by atoms with Crippen LogP contribution in [0.4, 0.5) is 0 Å². The number of hydrogen-bond acceptors (Lipinski definition) is 47. The highest BCUT2D eigenvalue weighted by Crippen LogP contribution is 1.96. The molecule has 99 heavy (non-hydrogen) atoms. The molecule has 0 aromatic carbocycles. The molecule has 0 unspecified atom stereocenters. The summed E-state index contributed by atoms with van der Waals surface area (Å²) in [5, 5.41) is 0. The van der Waals surface area contributed by atoms with Gasteiger partial charge in [-0.2, -0.15) is 0 Å². The monoisotopic (exact) mass is 1470 g/mol. The van der Waals surface area contributed by atoms with Crippen molar-refractivity contribution >= 4 is 11.9 Å². The van der Waals surface area contributed by atoms with Gasteiger partial charge in [0.15, 0.2) is 0 Å². The average Bonchev–Trinajstić information content (AvgIpc) is 3.70. The van der Waals surface area contributed by atoms with Crippen molar-refractivity contribution in [3.63, 3.8) is 0 Å². The van der Waals surface area contributed by atoms with Crippen LogP contribution in [0.15, 0.2) is 25.3 Å². The molecule has 47 nitrogen and oxygen atoms in total. The summed E-state index contributed by atoms with van der Waals surface area (Å²) in [7, 11) is 0. The molecule has 0 aromatic heterocycles. The van der Waals surface area contributed by atoms with Crippen molar-refractivity contribution in [2.45, 2.75) is 0 Å². The van der Waals surface area contributed by atoms with Gasteiger partial charge in [-0.05, 0) is 0 Å². The lowest BCUT2D eigenvalue weighted by molar-refractivity contribution is -0.382. The zero-order chi connectivity index (χ0) is 70.9. The Hall–Kier alpha value is -3.30. The molecule has 0 aromatic rings. The third-order valence-electron chi connectivity index (χ3n) is 8.28. The van der Waals surface area contributed by atoms with Gasteiger partial charge in [-0.25, -0.2) is 215 Å². The Morgan fingerprint density at radius 2 is 0.222 bits per heavy atom. The number of ether oxygens (including phenoxy) is 3. The summed E-state index contributed by atoms with van der Waals surface area (Å²) >= 11 is 0. The number of carbonyl (C=O) groups excluding carboxylic acids is 2. The smallest absolute Gasteiger partial charge is 0.330 e. The Bertz CT molecular complexity index is 1450. The lowest BCUT2D eigenvalue weighted by Gasteiger charge is -2.08. The van der Waals surface area contributed by atoms with Crippen LogP contribution in [-0.4, -0.2) is 316 Å². The number of hydrogen-bond donors (Lipinski definition) is 0. The van der Waals surface area contributed by atoms with Gasteiger partial charge in [0.1, 0.15) is 291 Å². The Labute approximate surface area is 569 Å². The molecule has 0 aliphatic rings. The van der Waals surface area contributed by atoms with Crippen LogP contribution in [0.3, 0.4) is 0 Å². The molecule has 0 heterocycles. The van der Waals surface area contributed by atoms with E-state index < -0.39 is 11.9 Å². The SMILES string of the molecule is C=CC(=O)OCCOCCOOCCOOCCOOCCOOCCOOCCOOCCOOCCOOCCOOCCOOCCOOCCOOCCOOCCOOCCOOCCOOCCOOCCOOCCOOCCOOCCOOCCOC(=O)C=C. The van der Waals surface area contributed by atoms with Gasteiger partial charge in [-0.1, -0.05) is 13.2 Å². The van der Waals surface area contributed by atoms with Gasteiger partial charge in [-0.15, -0.1) is 0 Å². The Kier molecular flexibility index (Phi) is 87.8. The normalized spacial score (nSPS) is 11.6. The third-order valence-corrected chi connectivity index (χ3v) is 8.28. The van der Waals surface area contributed by atoms with Crippen molar-refractivity contribution < 1.29 is 229 Å². The lowest BCUT2D eigenvalue weighted by atomic mass is 10.6. The van der Waals surface area contributed by atoms with E-state index in [-0.39, 0.29) is 304 Å². The Balaban J connectivity index is 3.10. The van der Waals surface area contributed by atoms with Crippen molar-refractivity contribution in [1.82, 2.24) is 0 Å². The van der Waals surface area contributed by atoms with E-state index in [1.54, 1.807) is 0 Å². The summed E-state index contributed by atoms with van der Waals surface area (Å²) in [5.74, 6) is -1.06. The predicted molar refractivity (Wildman–Crippen MR) is 303 cm³/mol. The van der Waals surface area contributed by atoms with E-state index in [1.165, 1.54) is 0 Å². The fraction of sp³-hybridized carbons (Fsp3) is 0.885. The fourth-order valence-corrected chi connectivity index (χ4v) is 4.53. The second-order valence-electron chi connectivity index (χ2n) is 15.9. The third kappa shape index (κ3) is 90.7. The molecular weight excluding hydrogens is 1380 g/mol. The van der Waals surface area contributed by atoms with E-state index in [4.69, 9.17) is 219 Å². The molecule has 0 bridgehead atoms. The molecular formula is C52H98O47. The molecule has 0 fully saturated rings. The summed E-state index contributed by atoms with van der Waals surface area (Å²) in [6, 6.07) is 0. The molecule has 47 heteroatoms. The summed E-state index contributed by atoms with van der Waals surface area (Å²) in [4.78, 5) is 227. The first-order valence-corrected chi connectivity index (χ1v) is 30.5. The first-order chi connectivity index (χ1) is 49.2. The first kappa shape index (κ1) is 95.7. The first-order valence-electron chi connectivity index (χ1n) is 30.5. The zero-order valence-electron chi connectivity index (χ0n) is 55.3. The van der Waals surface area contributed by atoms with Gasteiger partial charge in [0.05, 0.1) is 13.2 Å². The van der Waals surface area contributed by atoms with Gasteiger partial charge < -0.3 is 14.2 Å². The summed E-state index contributed by atoms with van der Waals surface area (Å²) in [6.07, 6.45) is 2.12. The van der Waals surface area contributed by atoms with Gasteiger partial charge in [-0.3, -0.25) is 0 Å². The minimum atomic E-state index is -0.549. The Morgan fingerprint density at radius 3 is 0.333 bits per heavy atom. The van der Waals surface area contributed by atoms with Crippen LogP contribution in [0.1, 0.15) is 0 Å². The zero-order valence-corrected chi connectivity index (χ0v) is 55.3. The largest absolute Gasteiger partial charge is 0.460 e. The topological polar surface area (TPSA) is 449 Å². The summed E-state index contributed by atoms with van der Waals surface area (Å²) in [5.41, 5.74) is 0. The highest BCUT2D eigenvalue weighted by Gasteiger charge is 2.05. The summed E-state index contributed by atoms with van der Waals surface area (Å²) in [6.45, 7) is 11.0. The highest BCUT2D eigenvalue weighted by atomic mass is 17.3. The molecule has 0 rings (SSSR count). The average molecular weight is 1480 g/mol. The van der Waals surface area contributed by atoms with E-state index in [1.807, 2.05) is 0 Å². The molecule has 0 amide bonds. The van der Waals surface area contributed by atoms with Crippen LogP contribution < -0.4 is 0 Å². The molecule has 0 aliphatic carbocycles. The quantitative estimate of drug-likeness (QED) is 0.0241. The standard InChI is InChI=1S/C52H98O47/c1-3-51(53)56-7-5-55-6-9-58-60-11-13-62-64-15-17-66-68-19-21-70-72-23-25-74-76-27-29-78-80-31-33-82-84-35-37-86-88-39-41-90-92-43-45-94-96-47-49-98-99-50-48-97-95-46-44-93-91-42-40-89-87-38-36-85-83-34-32-81-79-30-28-77-75-26-24-73-71-22-20-69-67-18-16-65-63-14-12-61-59-10-8-57-52(54)4-2/h3-4H,1-2,5-50H2. The molecule has 588 valence electrons. The van der Waals surface area contributed by atoms with E-state index in [0.29, 0.717) is 0 Å². The van der Waals surface area contributed by atoms with Gasteiger partial charge in [0.2, 0.25) is 0 Å². The van der Waals surface area contributed by atoms with Crippen molar-refractivity contribution in [1.29, 1.82) is 0 Å². The van der Waals surface area contributed by atoms with E-state index in [9.17, 15) is 9.59 Å². The maximum absolute atomic E-state index is 10.9. The predicted octanol–water partition coefficient (Wildman–Crippen LogP) is -0.626. The van der Waals surface area contributed by atoms with E-state index >= 15 is 0 Å². The second-order valence-corrected chi connectivity index (χ2v) is 15.9. The van der Waals surface area contributed by atoms with Crippen LogP contribution in [-0.2, 0) is 229 Å². The van der Waals surface area contributed by atoms with Crippen molar-refractivity contribution in [3.8, 4) is 0 Å². The number of rotatable bonds is 92. The van der Waals surface area contributed by atoms with Crippen molar-refractivity contribution in [2.24, 2.45) is 0 Å². The van der Waals surface area contributed by atoms with Crippen molar-refractivity contribution in [2.75, 3.05) is 304 Å². The molecule has 0 N–H and O–H groups in total. The minimum Gasteiger partial charge on any atom is -0.460 e. The van der Waals surface area contributed by atoms with Gasteiger partial charge in [0, 0.05) is 12.2 Å². The van der Waals surface area contributed by atoms with Crippen LogP contribution in [0, 0.1) is 0 Å². The van der Waals surface area contributed by atoms with Gasteiger partial charge in [0.25, 0.3) is 0 Å². The summed E-state index contributed by atoms with van der Waals surface area (Å²) < 4.78 is 14.6. The maximum atomic E-state index is 10.9. The number of esters is 2. The molecule has 0 saturated carbocycles. The molecule has 0 saturated heterocycles. The van der Waals surface area contributed by atoms with Crippen LogP contribution in [0.2, 0.25) is 0 Å². The maximum Gasteiger partial charge on any atom is 0.330 e. The lowest BCUT2D eigenvalue weighted by Crippen LogP contribution is -2.14. The highest BCUT2D eigenvalue weighted by molar-refractivity contribution is 5.81. The molecule has 0 radical (unpaired) electrons. The Morgan fingerprint density at radius 1 is 0.141 bits per heavy atom. The van der Waals surface area contributed by atoms with Crippen LogP contribution in [0.25, 0.3) is 0 Å². The molecule has 0 atom stereocenters. The fourth-order valence-electron chi connectivity index (χ4n) is 4.53. The minimum absolute atomic E-state index is 0.0334. The second kappa shape index (κ2) is 90.8. The number of carbonyl (C=O) groups is 2. The van der Waals surface area contributed by atoms with Crippen LogP contribution >= 0.6 is 0 Å². The van der Waals surface area contributed by atoms with Crippen molar-refractivity contribution in [3.05, 3.63) is 25.3 Å².